The van der Waals surface area contributed by atoms with E-state index in [2.05, 4.69) is 10.6 Å². The van der Waals surface area contributed by atoms with Gasteiger partial charge in [-0.3, -0.25) is 4.79 Å². The molecule has 1 saturated carbocycles. The SMILES string of the molecule is O=C(CNCC1CC1)Nc1ccccc1COc1ccccc1. The van der Waals surface area contributed by atoms with Crippen molar-refractivity contribution < 1.29 is 9.53 Å². The summed E-state index contributed by atoms with van der Waals surface area (Å²) in [5, 5.41) is 6.16. The largest absolute Gasteiger partial charge is 0.489 e. The molecule has 4 heteroatoms. The summed E-state index contributed by atoms with van der Waals surface area (Å²) < 4.78 is 5.77. The quantitative estimate of drug-likeness (QED) is 0.787. The summed E-state index contributed by atoms with van der Waals surface area (Å²) >= 11 is 0. The van der Waals surface area contributed by atoms with Gasteiger partial charge in [-0.05, 0) is 43.5 Å². The minimum Gasteiger partial charge on any atom is -0.489 e. The Morgan fingerprint density at radius 3 is 2.57 bits per heavy atom. The fraction of sp³-hybridized carbons (Fsp3) is 0.316. The summed E-state index contributed by atoms with van der Waals surface area (Å²) in [5.41, 5.74) is 1.77. The Balaban J connectivity index is 1.53. The third-order valence-corrected chi connectivity index (χ3v) is 3.84. The second-order valence-electron chi connectivity index (χ2n) is 5.88. The zero-order chi connectivity index (χ0) is 15.9. The normalized spacial score (nSPS) is 13.6. The van der Waals surface area contributed by atoms with Crippen molar-refractivity contribution in [1.29, 1.82) is 0 Å². The van der Waals surface area contributed by atoms with Crippen molar-refractivity contribution in [2.45, 2.75) is 19.4 Å². The average Bonchev–Trinajstić information content (AvgIpc) is 3.39. The Bertz CT molecular complexity index is 639. The van der Waals surface area contributed by atoms with Gasteiger partial charge in [-0.1, -0.05) is 36.4 Å². The zero-order valence-corrected chi connectivity index (χ0v) is 13.1. The van der Waals surface area contributed by atoms with Gasteiger partial charge in [-0.25, -0.2) is 0 Å². The van der Waals surface area contributed by atoms with Crippen LogP contribution < -0.4 is 15.4 Å². The predicted molar refractivity (Wildman–Crippen MR) is 91.4 cm³/mol. The van der Waals surface area contributed by atoms with E-state index in [0.717, 1.165) is 29.5 Å². The minimum absolute atomic E-state index is 0.0159. The van der Waals surface area contributed by atoms with Gasteiger partial charge in [0.1, 0.15) is 12.4 Å². The van der Waals surface area contributed by atoms with Crippen LogP contribution in [-0.4, -0.2) is 19.0 Å². The lowest BCUT2D eigenvalue weighted by Gasteiger charge is -2.12. The molecule has 1 aliphatic carbocycles. The van der Waals surface area contributed by atoms with Gasteiger partial charge in [-0.15, -0.1) is 0 Å². The molecule has 2 aromatic carbocycles. The standard InChI is InChI=1S/C19H22N2O2/c22-19(13-20-12-15-10-11-15)21-18-9-5-4-6-16(18)14-23-17-7-2-1-3-8-17/h1-9,15,20H,10-14H2,(H,21,22). The maximum Gasteiger partial charge on any atom is 0.238 e. The van der Waals surface area contributed by atoms with Crippen molar-refractivity contribution >= 4 is 11.6 Å². The summed E-state index contributed by atoms with van der Waals surface area (Å²) in [6.45, 7) is 1.71. The van der Waals surface area contributed by atoms with Crippen molar-refractivity contribution in [3.8, 4) is 5.75 Å². The van der Waals surface area contributed by atoms with E-state index in [0.29, 0.717) is 13.2 Å². The van der Waals surface area contributed by atoms with Gasteiger partial charge in [0, 0.05) is 11.3 Å². The number of carbonyl (C=O) groups is 1. The first-order valence-electron chi connectivity index (χ1n) is 8.07. The Labute approximate surface area is 136 Å². The first kappa shape index (κ1) is 15.6. The number of hydrogen-bond acceptors (Lipinski definition) is 3. The van der Waals surface area contributed by atoms with Crippen LogP contribution in [0.5, 0.6) is 5.75 Å². The number of amides is 1. The highest BCUT2D eigenvalue weighted by Crippen LogP contribution is 2.27. The summed E-state index contributed by atoms with van der Waals surface area (Å²) in [4.78, 5) is 12.0. The number of carbonyl (C=O) groups excluding carboxylic acids is 1. The number of hydrogen-bond donors (Lipinski definition) is 2. The molecule has 0 aromatic heterocycles. The molecule has 0 bridgehead atoms. The number of benzene rings is 2. The van der Waals surface area contributed by atoms with Gasteiger partial charge in [0.15, 0.2) is 0 Å². The van der Waals surface area contributed by atoms with E-state index in [-0.39, 0.29) is 5.91 Å². The molecule has 0 unspecified atom stereocenters. The van der Waals surface area contributed by atoms with E-state index in [9.17, 15) is 4.79 Å². The lowest BCUT2D eigenvalue weighted by atomic mass is 10.2. The highest BCUT2D eigenvalue weighted by Gasteiger charge is 2.20. The Hall–Kier alpha value is -2.33. The van der Waals surface area contributed by atoms with Gasteiger partial charge in [0.25, 0.3) is 0 Å². The van der Waals surface area contributed by atoms with Crippen molar-refractivity contribution in [3.05, 3.63) is 60.2 Å². The number of nitrogens with one attached hydrogen (secondary N) is 2. The fourth-order valence-electron chi connectivity index (χ4n) is 2.35. The van der Waals surface area contributed by atoms with Crippen LogP contribution in [-0.2, 0) is 11.4 Å². The molecule has 0 aliphatic heterocycles. The first-order valence-corrected chi connectivity index (χ1v) is 8.07. The van der Waals surface area contributed by atoms with Crippen LogP contribution in [0.15, 0.2) is 54.6 Å². The third kappa shape index (κ3) is 5.11. The van der Waals surface area contributed by atoms with Crippen LogP contribution in [0.3, 0.4) is 0 Å². The molecule has 0 radical (unpaired) electrons. The number of para-hydroxylation sites is 2. The first-order chi connectivity index (χ1) is 11.3. The second kappa shape index (κ2) is 7.79. The smallest absolute Gasteiger partial charge is 0.238 e. The van der Waals surface area contributed by atoms with Crippen molar-refractivity contribution in [2.75, 3.05) is 18.4 Å². The van der Waals surface area contributed by atoms with E-state index in [4.69, 9.17) is 4.74 Å². The summed E-state index contributed by atoms with van der Waals surface area (Å²) in [6, 6.07) is 17.4. The topological polar surface area (TPSA) is 50.4 Å². The molecule has 0 saturated heterocycles. The molecule has 2 N–H and O–H groups in total. The lowest BCUT2D eigenvalue weighted by molar-refractivity contribution is -0.115. The predicted octanol–water partition coefficient (Wildman–Crippen LogP) is 3.20. The van der Waals surface area contributed by atoms with E-state index >= 15 is 0 Å². The Morgan fingerprint density at radius 1 is 1.04 bits per heavy atom. The Morgan fingerprint density at radius 2 is 1.78 bits per heavy atom. The third-order valence-electron chi connectivity index (χ3n) is 3.84. The molecule has 0 atom stereocenters. The van der Waals surface area contributed by atoms with Crippen LogP contribution >= 0.6 is 0 Å². The zero-order valence-electron chi connectivity index (χ0n) is 13.1. The number of rotatable bonds is 8. The summed E-state index contributed by atoms with van der Waals surface area (Å²) in [5.74, 6) is 1.58. The molecule has 0 spiro atoms. The van der Waals surface area contributed by atoms with Crippen molar-refractivity contribution in [3.63, 3.8) is 0 Å². The van der Waals surface area contributed by atoms with Crippen LogP contribution in [0.25, 0.3) is 0 Å². The van der Waals surface area contributed by atoms with Gasteiger partial charge >= 0.3 is 0 Å². The number of ether oxygens (including phenoxy) is 1. The maximum absolute atomic E-state index is 12.0. The molecule has 0 heterocycles. The molecule has 2 aromatic rings. The highest BCUT2D eigenvalue weighted by atomic mass is 16.5. The van der Waals surface area contributed by atoms with Gasteiger partial charge in [0.05, 0.1) is 6.54 Å². The highest BCUT2D eigenvalue weighted by molar-refractivity contribution is 5.92. The molecule has 1 fully saturated rings. The van der Waals surface area contributed by atoms with E-state index in [1.807, 2.05) is 54.6 Å². The monoisotopic (exact) mass is 310 g/mol. The molecular weight excluding hydrogens is 288 g/mol. The average molecular weight is 310 g/mol. The number of anilines is 1. The van der Waals surface area contributed by atoms with Crippen LogP contribution in [0, 0.1) is 5.92 Å². The molecule has 3 rings (SSSR count). The van der Waals surface area contributed by atoms with Crippen molar-refractivity contribution in [2.24, 2.45) is 5.92 Å². The summed E-state index contributed by atoms with van der Waals surface area (Å²) in [7, 11) is 0. The van der Waals surface area contributed by atoms with E-state index in [1.54, 1.807) is 0 Å². The minimum atomic E-state index is -0.0159. The van der Waals surface area contributed by atoms with Gasteiger partial charge in [-0.2, -0.15) is 0 Å². The van der Waals surface area contributed by atoms with Crippen LogP contribution in [0.2, 0.25) is 0 Å². The lowest BCUT2D eigenvalue weighted by Crippen LogP contribution is -2.29. The fourth-order valence-corrected chi connectivity index (χ4v) is 2.35. The Kier molecular flexibility index (Phi) is 5.27. The second-order valence-corrected chi connectivity index (χ2v) is 5.88. The van der Waals surface area contributed by atoms with Crippen LogP contribution in [0.4, 0.5) is 5.69 Å². The summed E-state index contributed by atoms with van der Waals surface area (Å²) in [6.07, 6.45) is 2.57. The molecule has 120 valence electrons. The van der Waals surface area contributed by atoms with E-state index < -0.39 is 0 Å². The molecule has 1 aliphatic rings. The maximum atomic E-state index is 12.0. The molecule has 4 nitrogen and oxygen atoms in total. The van der Waals surface area contributed by atoms with Gasteiger partial charge in [0.2, 0.25) is 5.91 Å². The van der Waals surface area contributed by atoms with E-state index in [1.165, 1.54) is 12.8 Å². The van der Waals surface area contributed by atoms with Crippen molar-refractivity contribution in [1.82, 2.24) is 5.32 Å². The molecular formula is C19H22N2O2. The molecule has 1 amide bonds. The molecule has 23 heavy (non-hydrogen) atoms. The van der Waals surface area contributed by atoms with Crippen LogP contribution in [0.1, 0.15) is 18.4 Å². The van der Waals surface area contributed by atoms with Gasteiger partial charge < -0.3 is 15.4 Å².